The molecule has 0 unspecified atom stereocenters. The standard InChI is InChI=1S/C25H33N5O2/c1-17-13-18(2)24-20(31)16-25(32-21(24)14-17)5-7-29(8-6-25)22-15-23(27-19(3)26-22)30-11-9-28(4)10-12-30/h13-15H,5-12,16H2,1-4H3. The number of nitrogens with zero attached hydrogens (tertiary/aromatic N) is 5. The molecule has 7 nitrogen and oxygen atoms in total. The number of piperidine rings is 1. The number of piperazine rings is 1. The van der Waals surface area contributed by atoms with Gasteiger partial charge in [-0.05, 0) is 45.0 Å². The van der Waals surface area contributed by atoms with Crippen molar-refractivity contribution < 1.29 is 9.53 Å². The van der Waals surface area contributed by atoms with Crippen molar-refractivity contribution in [2.24, 2.45) is 0 Å². The fourth-order valence-corrected chi connectivity index (χ4v) is 5.34. The van der Waals surface area contributed by atoms with Crippen LogP contribution >= 0.6 is 0 Å². The molecule has 1 aromatic heterocycles. The Balaban J connectivity index is 1.32. The van der Waals surface area contributed by atoms with E-state index in [1.54, 1.807) is 0 Å². The molecule has 1 aromatic carbocycles. The van der Waals surface area contributed by atoms with E-state index in [1.807, 2.05) is 19.9 Å². The number of benzene rings is 1. The topological polar surface area (TPSA) is 61.8 Å². The number of aryl methyl sites for hydroxylation is 3. The second kappa shape index (κ2) is 8.03. The maximum atomic E-state index is 13.0. The van der Waals surface area contributed by atoms with Gasteiger partial charge < -0.3 is 19.4 Å². The molecule has 0 aliphatic carbocycles. The van der Waals surface area contributed by atoms with Crippen molar-refractivity contribution >= 4 is 17.4 Å². The number of aromatic nitrogens is 2. The summed E-state index contributed by atoms with van der Waals surface area (Å²) in [6.45, 7) is 11.8. The van der Waals surface area contributed by atoms with Crippen LogP contribution in [0.3, 0.4) is 0 Å². The summed E-state index contributed by atoms with van der Waals surface area (Å²) in [4.78, 5) is 29.5. The number of hydrogen-bond donors (Lipinski definition) is 0. The van der Waals surface area contributed by atoms with Gasteiger partial charge in [0.2, 0.25) is 0 Å². The van der Waals surface area contributed by atoms with Gasteiger partial charge in [0.15, 0.2) is 5.78 Å². The molecule has 7 heteroatoms. The Morgan fingerprint density at radius 2 is 1.50 bits per heavy atom. The Morgan fingerprint density at radius 1 is 0.875 bits per heavy atom. The molecule has 3 aliphatic rings. The van der Waals surface area contributed by atoms with Crippen LogP contribution in [0.5, 0.6) is 5.75 Å². The lowest BCUT2D eigenvalue weighted by Crippen LogP contribution is -2.51. The molecule has 2 fully saturated rings. The van der Waals surface area contributed by atoms with Crippen LogP contribution in [-0.4, -0.2) is 72.6 Å². The van der Waals surface area contributed by atoms with Gasteiger partial charge in [0.05, 0.1) is 12.0 Å². The third-order valence-electron chi connectivity index (χ3n) is 7.17. The van der Waals surface area contributed by atoms with E-state index in [0.29, 0.717) is 6.42 Å². The Bertz CT molecular complexity index is 1040. The molecule has 0 saturated carbocycles. The Hall–Kier alpha value is -2.67. The zero-order valence-corrected chi connectivity index (χ0v) is 19.6. The minimum absolute atomic E-state index is 0.215. The van der Waals surface area contributed by atoms with E-state index in [0.717, 1.165) is 92.0 Å². The average molecular weight is 436 g/mol. The van der Waals surface area contributed by atoms with Crippen molar-refractivity contribution in [2.45, 2.75) is 45.6 Å². The lowest BCUT2D eigenvalue weighted by molar-refractivity contribution is 0.0229. The summed E-state index contributed by atoms with van der Waals surface area (Å²) < 4.78 is 6.54. The summed E-state index contributed by atoms with van der Waals surface area (Å²) >= 11 is 0. The highest BCUT2D eigenvalue weighted by molar-refractivity contribution is 6.01. The lowest BCUT2D eigenvalue weighted by Gasteiger charge is -2.44. The predicted octanol–water partition coefficient (Wildman–Crippen LogP) is 3.16. The van der Waals surface area contributed by atoms with Gasteiger partial charge in [0, 0.05) is 58.2 Å². The number of ether oxygens (including phenoxy) is 1. The number of rotatable bonds is 2. The van der Waals surface area contributed by atoms with Crippen molar-refractivity contribution in [1.82, 2.24) is 14.9 Å². The SMILES string of the molecule is Cc1cc(C)c2c(c1)OC1(CCN(c3cc(N4CCN(C)CC4)nc(C)n3)CC1)CC2=O. The molecule has 0 radical (unpaired) electrons. The quantitative estimate of drug-likeness (QED) is 0.718. The van der Waals surface area contributed by atoms with Crippen LogP contribution in [-0.2, 0) is 0 Å². The normalized spacial score (nSPS) is 20.9. The highest BCUT2D eigenvalue weighted by atomic mass is 16.5. The molecule has 4 heterocycles. The van der Waals surface area contributed by atoms with Gasteiger partial charge in [-0.3, -0.25) is 4.79 Å². The number of fused-ring (bicyclic) bond motifs is 1. The van der Waals surface area contributed by atoms with Crippen LogP contribution in [0, 0.1) is 20.8 Å². The number of carbonyl (C=O) groups is 1. The van der Waals surface area contributed by atoms with Crippen LogP contribution in [0.4, 0.5) is 11.6 Å². The smallest absolute Gasteiger partial charge is 0.170 e. The number of anilines is 2. The summed E-state index contributed by atoms with van der Waals surface area (Å²) in [5.74, 6) is 3.79. The second-order valence-corrected chi connectivity index (χ2v) is 9.75. The van der Waals surface area contributed by atoms with Crippen LogP contribution in [0.1, 0.15) is 46.6 Å². The molecule has 32 heavy (non-hydrogen) atoms. The fraction of sp³-hybridized carbons (Fsp3) is 0.560. The van der Waals surface area contributed by atoms with E-state index < -0.39 is 5.60 Å². The van der Waals surface area contributed by atoms with E-state index >= 15 is 0 Å². The predicted molar refractivity (Wildman–Crippen MR) is 126 cm³/mol. The monoisotopic (exact) mass is 435 g/mol. The summed E-state index contributed by atoms with van der Waals surface area (Å²) in [5, 5.41) is 0. The summed E-state index contributed by atoms with van der Waals surface area (Å²) in [5.41, 5.74) is 2.52. The summed E-state index contributed by atoms with van der Waals surface area (Å²) in [7, 11) is 2.16. The first-order valence-electron chi connectivity index (χ1n) is 11.7. The number of likely N-dealkylation sites (N-methyl/N-ethyl adjacent to an activating group) is 1. The molecule has 0 bridgehead atoms. The minimum atomic E-state index is -0.400. The zero-order valence-electron chi connectivity index (χ0n) is 19.6. The second-order valence-electron chi connectivity index (χ2n) is 9.75. The highest BCUT2D eigenvalue weighted by Crippen LogP contribution is 2.41. The van der Waals surface area contributed by atoms with Crippen LogP contribution in [0.25, 0.3) is 0 Å². The van der Waals surface area contributed by atoms with E-state index in [-0.39, 0.29) is 5.78 Å². The van der Waals surface area contributed by atoms with Gasteiger partial charge in [-0.1, -0.05) is 6.07 Å². The van der Waals surface area contributed by atoms with Crippen LogP contribution < -0.4 is 14.5 Å². The number of Topliss-reactive ketones (excluding diaryl/α,β-unsaturated/α-hetero) is 1. The third kappa shape index (κ3) is 3.94. The lowest BCUT2D eigenvalue weighted by atomic mass is 9.81. The zero-order chi connectivity index (χ0) is 22.5. The molecule has 2 aromatic rings. The van der Waals surface area contributed by atoms with E-state index in [2.05, 4.69) is 40.8 Å². The summed E-state index contributed by atoms with van der Waals surface area (Å²) in [6, 6.07) is 6.21. The fourth-order valence-electron chi connectivity index (χ4n) is 5.34. The first-order valence-corrected chi connectivity index (χ1v) is 11.7. The minimum Gasteiger partial charge on any atom is -0.486 e. The van der Waals surface area contributed by atoms with E-state index in [9.17, 15) is 4.79 Å². The van der Waals surface area contributed by atoms with Crippen LogP contribution in [0.15, 0.2) is 18.2 Å². The molecular weight excluding hydrogens is 402 g/mol. The van der Waals surface area contributed by atoms with Gasteiger partial charge in [-0.2, -0.15) is 0 Å². The van der Waals surface area contributed by atoms with Crippen molar-refractivity contribution in [2.75, 3.05) is 56.1 Å². The Labute approximate surface area is 190 Å². The highest BCUT2D eigenvalue weighted by Gasteiger charge is 2.43. The molecule has 1 spiro atoms. The van der Waals surface area contributed by atoms with Gasteiger partial charge in [0.1, 0.15) is 28.8 Å². The van der Waals surface area contributed by atoms with E-state index in [4.69, 9.17) is 14.7 Å². The molecule has 0 amide bonds. The number of ketones is 1. The van der Waals surface area contributed by atoms with Gasteiger partial charge in [0.25, 0.3) is 0 Å². The largest absolute Gasteiger partial charge is 0.486 e. The third-order valence-corrected chi connectivity index (χ3v) is 7.17. The van der Waals surface area contributed by atoms with Crippen molar-refractivity contribution in [3.05, 3.63) is 40.7 Å². The first kappa shape index (κ1) is 21.2. The van der Waals surface area contributed by atoms with Crippen molar-refractivity contribution in [3.63, 3.8) is 0 Å². The first-order chi connectivity index (χ1) is 15.3. The maximum absolute atomic E-state index is 13.0. The van der Waals surface area contributed by atoms with Crippen molar-refractivity contribution in [1.29, 1.82) is 0 Å². The average Bonchev–Trinajstić information content (AvgIpc) is 2.73. The number of hydrogen-bond acceptors (Lipinski definition) is 7. The Morgan fingerprint density at radius 3 is 2.16 bits per heavy atom. The maximum Gasteiger partial charge on any atom is 0.170 e. The molecular formula is C25H33N5O2. The molecule has 2 saturated heterocycles. The molecule has 0 atom stereocenters. The Kier molecular flexibility index (Phi) is 5.32. The molecule has 0 N–H and O–H groups in total. The van der Waals surface area contributed by atoms with Gasteiger partial charge in [-0.25, -0.2) is 9.97 Å². The van der Waals surface area contributed by atoms with Crippen LogP contribution in [0.2, 0.25) is 0 Å². The van der Waals surface area contributed by atoms with Crippen molar-refractivity contribution in [3.8, 4) is 5.75 Å². The molecule has 170 valence electrons. The summed E-state index contributed by atoms with van der Waals surface area (Å²) in [6.07, 6.45) is 2.10. The van der Waals surface area contributed by atoms with Gasteiger partial charge in [-0.15, -0.1) is 0 Å². The molecule has 5 rings (SSSR count). The van der Waals surface area contributed by atoms with E-state index in [1.165, 1.54) is 0 Å². The van der Waals surface area contributed by atoms with Gasteiger partial charge >= 0.3 is 0 Å². The number of carbonyl (C=O) groups excluding carboxylic acids is 1. The molecule has 3 aliphatic heterocycles.